The van der Waals surface area contributed by atoms with Crippen molar-refractivity contribution in [3.63, 3.8) is 0 Å². The van der Waals surface area contributed by atoms with Crippen molar-refractivity contribution in [2.45, 2.75) is 23.8 Å². The molecule has 11 heteroatoms. The topological polar surface area (TPSA) is 76.0 Å². The smallest absolute Gasteiger partial charge is 0.250 e. The van der Waals surface area contributed by atoms with Gasteiger partial charge in [-0.25, -0.2) is 13.1 Å². The molecule has 0 radical (unpaired) electrons. The molecule has 3 rings (SSSR count). The Hall–Kier alpha value is -0.350. The van der Waals surface area contributed by atoms with Crippen LogP contribution in [-0.4, -0.2) is 24.7 Å². The van der Waals surface area contributed by atoms with Crippen LogP contribution >= 0.6 is 46.9 Å². The molecule has 0 saturated carbocycles. The zero-order chi connectivity index (χ0) is 15.0. The van der Waals surface area contributed by atoms with E-state index in [2.05, 4.69) is 15.1 Å². The van der Waals surface area contributed by atoms with Gasteiger partial charge in [0.15, 0.2) is 0 Å². The number of thiophene rings is 1. The van der Waals surface area contributed by atoms with Gasteiger partial charge in [-0.05, 0) is 12.1 Å². The lowest BCUT2D eigenvalue weighted by molar-refractivity contribution is 0.473. The number of hydrogen-bond donors (Lipinski definition) is 2. The van der Waals surface area contributed by atoms with Crippen LogP contribution in [0.2, 0.25) is 9.36 Å². The minimum Gasteiger partial charge on any atom is -0.309 e. The van der Waals surface area contributed by atoms with Crippen LogP contribution in [0.3, 0.4) is 0 Å². The minimum absolute atomic E-state index is 0. The molecule has 1 aliphatic rings. The molecule has 3 heterocycles. The second kappa shape index (κ2) is 7.04. The molecule has 0 aromatic carbocycles. The third kappa shape index (κ3) is 3.76. The summed E-state index contributed by atoms with van der Waals surface area (Å²) in [5.74, 6) is 0. The van der Waals surface area contributed by atoms with Gasteiger partial charge in [-0.15, -0.1) is 23.7 Å². The van der Waals surface area contributed by atoms with Crippen molar-refractivity contribution in [1.29, 1.82) is 0 Å². The number of fused-ring (bicyclic) bond motifs is 1. The van der Waals surface area contributed by atoms with Gasteiger partial charge in [0.05, 0.1) is 29.5 Å². The van der Waals surface area contributed by atoms with Crippen molar-refractivity contribution < 1.29 is 8.42 Å². The SMILES string of the molecule is Cl.O=S(=O)(NCc1cc2n(n1)CCNC2)c1cc(Cl)c(Cl)s1. The Balaban J connectivity index is 0.00000176. The number of aromatic nitrogens is 2. The fourth-order valence-corrected chi connectivity index (χ4v) is 4.96. The summed E-state index contributed by atoms with van der Waals surface area (Å²) < 4.78 is 29.1. The van der Waals surface area contributed by atoms with Crippen LogP contribution in [0.15, 0.2) is 16.3 Å². The van der Waals surface area contributed by atoms with Crippen molar-refractivity contribution in [3.05, 3.63) is 32.9 Å². The molecule has 2 N–H and O–H groups in total. The molecular weight excluding hydrogens is 391 g/mol. The standard InChI is InChI=1S/C11H12Cl2N4O2S2.ClH/c12-9-4-10(20-11(9)13)21(18,19)15-5-7-3-8-6-14-1-2-17(8)16-7;/h3-4,14-15H,1-2,5-6H2;1H. The predicted molar refractivity (Wildman–Crippen MR) is 89.5 cm³/mol. The van der Waals surface area contributed by atoms with Crippen LogP contribution in [0.4, 0.5) is 0 Å². The average Bonchev–Trinajstić information content (AvgIpc) is 3.01. The molecule has 0 amide bonds. The first kappa shape index (κ1) is 18.0. The van der Waals surface area contributed by atoms with Gasteiger partial charge in [-0.1, -0.05) is 23.2 Å². The summed E-state index contributed by atoms with van der Waals surface area (Å²) in [6.45, 7) is 2.54. The normalized spacial score (nSPS) is 14.5. The van der Waals surface area contributed by atoms with Gasteiger partial charge in [0.25, 0.3) is 10.0 Å². The molecule has 0 aliphatic carbocycles. The van der Waals surface area contributed by atoms with E-state index in [-0.39, 0.29) is 32.5 Å². The molecule has 2 aromatic heterocycles. The average molecular weight is 404 g/mol. The molecule has 6 nitrogen and oxygen atoms in total. The summed E-state index contributed by atoms with van der Waals surface area (Å²) in [6.07, 6.45) is 0. The number of hydrogen-bond acceptors (Lipinski definition) is 5. The molecule has 0 atom stereocenters. The number of halogens is 3. The van der Waals surface area contributed by atoms with Gasteiger partial charge < -0.3 is 5.32 Å². The summed E-state index contributed by atoms with van der Waals surface area (Å²) in [4.78, 5) is 0. The molecular formula is C11H13Cl3N4O2S2. The molecule has 0 bridgehead atoms. The highest BCUT2D eigenvalue weighted by Gasteiger charge is 2.20. The van der Waals surface area contributed by atoms with E-state index >= 15 is 0 Å². The zero-order valence-corrected chi connectivity index (χ0v) is 15.1. The quantitative estimate of drug-likeness (QED) is 0.821. The lowest BCUT2D eigenvalue weighted by Crippen LogP contribution is -2.28. The molecule has 22 heavy (non-hydrogen) atoms. The molecule has 2 aromatic rings. The highest BCUT2D eigenvalue weighted by atomic mass is 35.5. The zero-order valence-electron chi connectivity index (χ0n) is 11.2. The summed E-state index contributed by atoms with van der Waals surface area (Å²) in [5, 5.41) is 7.85. The summed E-state index contributed by atoms with van der Waals surface area (Å²) in [7, 11) is -3.63. The Kier molecular flexibility index (Phi) is 5.76. The summed E-state index contributed by atoms with van der Waals surface area (Å²) >= 11 is 12.5. The summed E-state index contributed by atoms with van der Waals surface area (Å²) in [6, 6.07) is 3.24. The van der Waals surface area contributed by atoms with Gasteiger partial charge >= 0.3 is 0 Å². The summed E-state index contributed by atoms with van der Waals surface area (Å²) in [5.41, 5.74) is 1.74. The molecule has 0 fully saturated rings. The second-order valence-corrected chi connectivity index (χ2v) is 8.59. The van der Waals surface area contributed by atoms with Crippen LogP contribution in [0.1, 0.15) is 11.4 Å². The molecule has 0 saturated heterocycles. The lowest BCUT2D eigenvalue weighted by Gasteiger charge is -2.13. The number of sulfonamides is 1. The maximum absolute atomic E-state index is 12.1. The van der Waals surface area contributed by atoms with Crippen LogP contribution in [-0.2, 0) is 29.7 Å². The maximum atomic E-state index is 12.1. The van der Waals surface area contributed by atoms with Crippen LogP contribution in [0, 0.1) is 0 Å². The monoisotopic (exact) mass is 402 g/mol. The maximum Gasteiger partial charge on any atom is 0.250 e. The Labute approximate surface area is 148 Å². The minimum atomic E-state index is -3.63. The highest BCUT2D eigenvalue weighted by molar-refractivity contribution is 7.91. The van der Waals surface area contributed by atoms with Gasteiger partial charge in [0.1, 0.15) is 8.55 Å². The molecule has 0 unspecified atom stereocenters. The van der Waals surface area contributed by atoms with Crippen LogP contribution in [0.5, 0.6) is 0 Å². The van der Waals surface area contributed by atoms with Crippen molar-refractivity contribution in [2.75, 3.05) is 6.54 Å². The Morgan fingerprint density at radius 3 is 2.82 bits per heavy atom. The number of nitrogens with one attached hydrogen (secondary N) is 2. The van der Waals surface area contributed by atoms with E-state index in [1.165, 1.54) is 6.07 Å². The van der Waals surface area contributed by atoms with E-state index in [0.29, 0.717) is 5.69 Å². The molecule has 0 spiro atoms. The number of nitrogens with zero attached hydrogens (tertiary/aromatic N) is 2. The largest absolute Gasteiger partial charge is 0.309 e. The van der Waals surface area contributed by atoms with Gasteiger partial charge in [-0.3, -0.25) is 4.68 Å². The van der Waals surface area contributed by atoms with Gasteiger partial charge in [0.2, 0.25) is 0 Å². The van der Waals surface area contributed by atoms with Crippen LogP contribution in [0.25, 0.3) is 0 Å². The number of rotatable bonds is 4. The van der Waals surface area contributed by atoms with Crippen molar-refractivity contribution in [1.82, 2.24) is 19.8 Å². The van der Waals surface area contributed by atoms with Crippen molar-refractivity contribution >= 4 is 57.0 Å². The Morgan fingerprint density at radius 2 is 2.18 bits per heavy atom. The Bertz CT molecular complexity index is 729. The Morgan fingerprint density at radius 1 is 1.41 bits per heavy atom. The van der Waals surface area contributed by atoms with E-state index in [1.807, 2.05) is 10.7 Å². The fraction of sp³-hybridized carbons (Fsp3) is 0.364. The van der Waals surface area contributed by atoms with E-state index < -0.39 is 10.0 Å². The first-order valence-electron chi connectivity index (χ1n) is 6.16. The van der Waals surface area contributed by atoms with Crippen LogP contribution < -0.4 is 10.0 Å². The highest BCUT2D eigenvalue weighted by Crippen LogP contribution is 2.34. The third-order valence-electron chi connectivity index (χ3n) is 3.05. The second-order valence-electron chi connectivity index (χ2n) is 4.54. The first-order chi connectivity index (χ1) is 9.95. The van der Waals surface area contributed by atoms with Gasteiger partial charge in [0, 0.05) is 13.1 Å². The van der Waals surface area contributed by atoms with Crippen molar-refractivity contribution in [3.8, 4) is 0 Å². The lowest BCUT2D eigenvalue weighted by atomic mass is 10.3. The first-order valence-corrected chi connectivity index (χ1v) is 9.22. The molecule has 1 aliphatic heterocycles. The molecule has 122 valence electrons. The van der Waals surface area contributed by atoms with Crippen molar-refractivity contribution in [2.24, 2.45) is 0 Å². The van der Waals surface area contributed by atoms with E-state index in [0.717, 1.165) is 36.7 Å². The van der Waals surface area contributed by atoms with E-state index in [9.17, 15) is 8.42 Å². The van der Waals surface area contributed by atoms with Gasteiger partial charge in [-0.2, -0.15) is 5.10 Å². The third-order valence-corrected chi connectivity index (χ3v) is 6.79. The fourth-order valence-electron chi connectivity index (χ4n) is 2.04. The van der Waals surface area contributed by atoms with E-state index in [1.54, 1.807) is 0 Å². The predicted octanol–water partition coefficient (Wildman–Crippen LogP) is 2.25. The van der Waals surface area contributed by atoms with E-state index in [4.69, 9.17) is 23.2 Å².